The van der Waals surface area contributed by atoms with Crippen molar-refractivity contribution in [3.05, 3.63) is 77.0 Å². The zero-order valence-electron chi connectivity index (χ0n) is 13.8. The molecule has 0 unspecified atom stereocenters. The molecule has 0 radical (unpaired) electrons. The van der Waals surface area contributed by atoms with Gasteiger partial charge in [-0.3, -0.25) is 4.79 Å². The van der Waals surface area contributed by atoms with Gasteiger partial charge in [0.2, 0.25) is 0 Å². The van der Waals surface area contributed by atoms with Crippen LogP contribution in [-0.4, -0.2) is 18.2 Å². The van der Waals surface area contributed by atoms with E-state index in [2.05, 4.69) is 10.5 Å². The van der Waals surface area contributed by atoms with Gasteiger partial charge in [0, 0.05) is 10.4 Å². The molecular formula is C20H18N2O2S. The fraction of sp³-hybridized carbons (Fsp3) is 0.100. The van der Waals surface area contributed by atoms with Gasteiger partial charge in [-0.15, -0.1) is 11.3 Å². The number of carbonyl (C=O) groups excluding carboxylic acids is 1. The SMILES string of the molecule is CC(=NNC(=O)COc1ccccc1-c1ccccc1)c1cccs1. The summed E-state index contributed by atoms with van der Waals surface area (Å²) < 4.78 is 5.70. The minimum absolute atomic E-state index is 0.0922. The van der Waals surface area contributed by atoms with E-state index in [0.717, 1.165) is 21.7 Å². The van der Waals surface area contributed by atoms with Gasteiger partial charge in [-0.05, 0) is 30.0 Å². The Morgan fingerprint density at radius 2 is 1.80 bits per heavy atom. The molecule has 0 saturated carbocycles. The molecule has 3 aromatic rings. The molecule has 0 aliphatic rings. The molecular weight excluding hydrogens is 332 g/mol. The van der Waals surface area contributed by atoms with Gasteiger partial charge in [-0.2, -0.15) is 5.10 Å². The lowest BCUT2D eigenvalue weighted by Gasteiger charge is -2.11. The molecule has 0 bridgehead atoms. The van der Waals surface area contributed by atoms with Gasteiger partial charge in [0.15, 0.2) is 6.61 Å². The summed E-state index contributed by atoms with van der Waals surface area (Å²) in [5.41, 5.74) is 5.30. The average molecular weight is 350 g/mol. The summed E-state index contributed by atoms with van der Waals surface area (Å²) in [5, 5.41) is 6.08. The van der Waals surface area contributed by atoms with Gasteiger partial charge >= 0.3 is 0 Å². The maximum Gasteiger partial charge on any atom is 0.277 e. The largest absolute Gasteiger partial charge is 0.483 e. The van der Waals surface area contributed by atoms with Crippen LogP contribution in [0.25, 0.3) is 11.1 Å². The van der Waals surface area contributed by atoms with E-state index in [4.69, 9.17) is 4.74 Å². The number of amides is 1. The van der Waals surface area contributed by atoms with E-state index in [1.165, 1.54) is 0 Å². The number of nitrogens with one attached hydrogen (secondary N) is 1. The van der Waals surface area contributed by atoms with Crippen LogP contribution < -0.4 is 10.2 Å². The summed E-state index contributed by atoms with van der Waals surface area (Å²) in [6, 6.07) is 21.5. The van der Waals surface area contributed by atoms with Gasteiger partial charge in [0.05, 0.1) is 5.71 Å². The molecule has 3 rings (SSSR count). The highest BCUT2D eigenvalue weighted by Crippen LogP contribution is 2.29. The highest BCUT2D eigenvalue weighted by Gasteiger charge is 2.08. The van der Waals surface area contributed by atoms with Crippen LogP contribution in [0.1, 0.15) is 11.8 Å². The number of thiophene rings is 1. The van der Waals surface area contributed by atoms with Crippen molar-refractivity contribution in [1.82, 2.24) is 5.43 Å². The highest BCUT2D eigenvalue weighted by atomic mass is 32.1. The van der Waals surface area contributed by atoms with Crippen LogP contribution in [0.2, 0.25) is 0 Å². The molecule has 25 heavy (non-hydrogen) atoms. The molecule has 1 amide bonds. The van der Waals surface area contributed by atoms with Crippen LogP contribution >= 0.6 is 11.3 Å². The minimum atomic E-state index is -0.293. The molecule has 1 aromatic heterocycles. The van der Waals surface area contributed by atoms with Crippen molar-refractivity contribution in [3.63, 3.8) is 0 Å². The monoisotopic (exact) mass is 350 g/mol. The van der Waals surface area contributed by atoms with Crippen molar-refractivity contribution in [2.45, 2.75) is 6.92 Å². The van der Waals surface area contributed by atoms with E-state index in [1.807, 2.05) is 79.0 Å². The lowest BCUT2D eigenvalue weighted by Crippen LogP contribution is -2.25. The average Bonchev–Trinajstić information content (AvgIpc) is 3.20. The molecule has 0 spiro atoms. The molecule has 0 aliphatic carbocycles. The molecule has 4 nitrogen and oxygen atoms in total. The Hall–Kier alpha value is -2.92. The van der Waals surface area contributed by atoms with Gasteiger partial charge in [0.1, 0.15) is 5.75 Å². The van der Waals surface area contributed by atoms with E-state index in [1.54, 1.807) is 11.3 Å². The summed E-state index contributed by atoms with van der Waals surface area (Å²) in [7, 11) is 0. The second-order valence-corrected chi connectivity index (χ2v) is 6.31. The van der Waals surface area contributed by atoms with Crippen molar-refractivity contribution in [1.29, 1.82) is 0 Å². The van der Waals surface area contributed by atoms with Gasteiger partial charge < -0.3 is 4.74 Å². The number of benzene rings is 2. The zero-order chi connectivity index (χ0) is 17.5. The predicted octanol–water partition coefficient (Wildman–Crippen LogP) is 4.33. The molecule has 0 saturated heterocycles. The summed E-state index contributed by atoms with van der Waals surface area (Å²) in [4.78, 5) is 13.0. The molecule has 0 aliphatic heterocycles. The minimum Gasteiger partial charge on any atom is -0.483 e. The maximum absolute atomic E-state index is 12.0. The van der Waals surface area contributed by atoms with Gasteiger partial charge in [-0.1, -0.05) is 54.6 Å². The fourth-order valence-electron chi connectivity index (χ4n) is 2.31. The number of rotatable bonds is 6. The Labute approximate surface area is 150 Å². The Kier molecular flexibility index (Phi) is 5.59. The number of carbonyl (C=O) groups is 1. The van der Waals surface area contributed by atoms with Crippen LogP contribution in [0.3, 0.4) is 0 Å². The molecule has 0 fully saturated rings. The van der Waals surface area contributed by atoms with Crippen LogP contribution in [0.4, 0.5) is 0 Å². The number of nitrogens with zero attached hydrogens (tertiary/aromatic N) is 1. The van der Waals surface area contributed by atoms with Crippen LogP contribution in [-0.2, 0) is 4.79 Å². The quantitative estimate of drug-likeness (QED) is 0.531. The maximum atomic E-state index is 12.0. The van der Waals surface area contributed by atoms with Crippen molar-refractivity contribution >= 4 is 23.0 Å². The van der Waals surface area contributed by atoms with E-state index >= 15 is 0 Å². The Morgan fingerprint density at radius 3 is 2.56 bits per heavy atom. The first kappa shape index (κ1) is 16.9. The summed E-state index contributed by atoms with van der Waals surface area (Å²) in [5.74, 6) is 0.376. The summed E-state index contributed by atoms with van der Waals surface area (Å²) in [6.07, 6.45) is 0. The standard InChI is InChI=1S/C20H18N2O2S/c1-15(19-12-7-13-25-19)21-22-20(23)14-24-18-11-6-5-10-17(18)16-8-3-2-4-9-16/h2-13H,14H2,1H3,(H,22,23). The third-order valence-corrected chi connectivity index (χ3v) is 4.54. The van der Waals surface area contributed by atoms with E-state index in [-0.39, 0.29) is 12.5 Å². The molecule has 2 aromatic carbocycles. The number of para-hydroxylation sites is 1. The normalized spacial score (nSPS) is 11.2. The Balaban J connectivity index is 1.62. The number of hydrogen-bond donors (Lipinski definition) is 1. The van der Waals surface area contributed by atoms with Gasteiger partial charge in [-0.25, -0.2) is 5.43 Å². The molecule has 0 atom stereocenters. The van der Waals surface area contributed by atoms with Crippen molar-refractivity contribution < 1.29 is 9.53 Å². The number of ether oxygens (including phenoxy) is 1. The third-order valence-electron chi connectivity index (χ3n) is 3.56. The number of hydrazone groups is 1. The first-order valence-electron chi connectivity index (χ1n) is 7.88. The van der Waals surface area contributed by atoms with E-state index < -0.39 is 0 Å². The molecule has 5 heteroatoms. The zero-order valence-corrected chi connectivity index (χ0v) is 14.6. The summed E-state index contributed by atoms with van der Waals surface area (Å²) >= 11 is 1.58. The molecule has 126 valence electrons. The molecule has 1 heterocycles. The van der Waals surface area contributed by atoms with E-state index in [0.29, 0.717) is 5.75 Å². The Bertz CT molecular complexity index is 858. The van der Waals surface area contributed by atoms with Gasteiger partial charge in [0.25, 0.3) is 5.91 Å². The smallest absolute Gasteiger partial charge is 0.277 e. The summed E-state index contributed by atoms with van der Waals surface area (Å²) in [6.45, 7) is 1.77. The lowest BCUT2D eigenvalue weighted by atomic mass is 10.1. The van der Waals surface area contributed by atoms with Crippen LogP contribution in [0, 0.1) is 0 Å². The predicted molar refractivity (Wildman–Crippen MR) is 102 cm³/mol. The van der Waals surface area contributed by atoms with Crippen molar-refractivity contribution in [2.75, 3.05) is 6.61 Å². The highest BCUT2D eigenvalue weighted by molar-refractivity contribution is 7.12. The van der Waals surface area contributed by atoms with Crippen molar-refractivity contribution in [3.8, 4) is 16.9 Å². The van der Waals surface area contributed by atoms with Crippen molar-refractivity contribution in [2.24, 2.45) is 5.10 Å². The lowest BCUT2D eigenvalue weighted by molar-refractivity contribution is -0.123. The first-order valence-corrected chi connectivity index (χ1v) is 8.76. The Morgan fingerprint density at radius 1 is 1.04 bits per heavy atom. The second kappa shape index (κ2) is 8.26. The third kappa shape index (κ3) is 4.55. The van der Waals surface area contributed by atoms with Crippen LogP contribution in [0.15, 0.2) is 77.2 Å². The molecule has 1 N–H and O–H groups in total. The second-order valence-electron chi connectivity index (χ2n) is 5.36. The van der Waals surface area contributed by atoms with Crippen LogP contribution in [0.5, 0.6) is 5.75 Å². The van der Waals surface area contributed by atoms with E-state index in [9.17, 15) is 4.79 Å². The topological polar surface area (TPSA) is 50.7 Å². The fourth-order valence-corrected chi connectivity index (χ4v) is 2.99. The first-order chi connectivity index (χ1) is 12.2. The number of hydrogen-bond acceptors (Lipinski definition) is 4.